The van der Waals surface area contributed by atoms with Gasteiger partial charge in [0.2, 0.25) is 5.82 Å². The summed E-state index contributed by atoms with van der Waals surface area (Å²) in [5.41, 5.74) is -0.130. The standard InChI is InChI=1S/C15H27N5O/c1-10(2)20-7-6-11(9-20)8-16-13(21)12-17-14(19-18-12)15(3,4)5/h10-11H,6-9H2,1-5H3,(H,16,21)(H,17,18,19). The van der Waals surface area contributed by atoms with Gasteiger partial charge >= 0.3 is 0 Å². The molecule has 2 rings (SSSR count). The van der Waals surface area contributed by atoms with Crippen LogP contribution in [-0.4, -0.2) is 51.7 Å². The van der Waals surface area contributed by atoms with Crippen molar-refractivity contribution in [3.05, 3.63) is 11.6 Å². The topological polar surface area (TPSA) is 73.9 Å². The van der Waals surface area contributed by atoms with Crippen LogP contribution in [-0.2, 0) is 5.41 Å². The molecule has 2 N–H and O–H groups in total. The van der Waals surface area contributed by atoms with E-state index in [0.717, 1.165) is 25.3 Å². The molecule has 0 aliphatic carbocycles. The number of hydrogen-bond acceptors (Lipinski definition) is 4. The molecule has 0 aromatic carbocycles. The average molecular weight is 293 g/mol. The van der Waals surface area contributed by atoms with E-state index >= 15 is 0 Å². The van der Waals surface area contributed by atoms with Crippen LogP contribution in [0.4, 0.5) is 0 Å². The zero-order valence-corrected chi connectivity index (χ0v) is 13.7. The van der Waals surface area contributed by atoms with Gasteiger partial charge < -0.3 is 10.2 Å². The summed E-state index contributed by atoms with van der Waals surface area (Å²) in [5.74, 6) is 1.31. The van der Waals surface area contributed by atoms with Crippen LogP contribution in [0.2, 0.25) is 0 Å². The van der Waals surface area contributed by atoms with Crippen molar-refractivity contribution in [1.82, 2.24) is 25.4 Å². The van der Waals surface area contributed by atoms with Crippen molar-refractivity contribution < 1.29 is 4.79 Å². The molecule has 6 heteroatoms. The van der Waals surface area contributed by atoms with E-state index in [0.29, 0.717) is 18.5 Å². The molecule has 1 aromatic rings. The molecule has 6 nitrogen and oxygen atoms in total. The van der Waals surface area contributed by atoms with Gasteiger partial charge in [-0.2, -0.15) is 0 Å². The van der Waals surface area contributed by atoms with E-state index in [2.05, 4.69) is 39.2 Å². The van der Waals surface area contributed by atoms with Crippen molar-refractivity contribution in [1.29, 1.82) is 0 Å². The molecule has 1 saturated heterocycles. The SMILES string of the molecule is CC(C)N1CCC(CNC(=O)c2n[nH]c(C(C)(C)C)n2)C1. The number of likely N-dealkylation sites (tertiary alicyclic amines) is 1. The van der Waals surface area contributed by atoms with Crippen molar-refractivity contribution in [2.45, 2.75) is 52.5 Å². The van der Waals surface area contributed by atoms with Crippen LogP contribution in [0.3, 0.4) is 0 Å². The van der Waals surface area contributed by atoms with Crippen molar-refractivity contribution in [2.75, 3.05) is 19.6 Å². The van der Waals surface area contributed by atoms with Gasteiger partial charge in [-0.25, -0.2) is 4.98 Å². The zero-order valence-electron chi connectivity index (χ0n) is 13.7. The van der Waals surface area contributed by atoms with E-state index in [1.807, 2.05) is 20.8 Å². The summed E-state index contributed by atoms with van der Waals surface area (Å²) in [4.78, 5) is 18.8. The van der Waals surface area contributed by atoms with Gasteiger partial charge in [0.25, 0.3) is 5.91 Å². The molecular formula is C15H27N5O. The number of nitrogens with zero attached hydrogens (tertiary/aromatic N) is 3. The summed E-state index contributed by atoms with van der Waals surface area (Å²) in [6, 6.07) is 0.577. The first kappa shape index (κ1) is 15.9. The number of nitrogens with one attached hydrogen (secondary N) is 2. The zero-order chi connectivity index (χ0) is 15.6. The molecule has 0 spiro atoms. The van der Waals surface area contributed by atoms with E-state index in [4.69, 9.17) is 0 Å². The highest BCUT2D eigenvalue weighted by Crippen LogP contribution is 2.18. The summed E-state index contributed by atoms with van der Waals surface area (Å²) >= 11 is 0. The van der Waals surface area contributed by atoms with Crippen LogP contribution in [0, 0.1) is 5.92 Å². The normalized spacial score (nSPS) is 20.2. The summed E-state index contributed by atoms with van der Waals surface area (Å²) in [6.07, 6.45) is 1.14. The molecular weight excluding hydrogens is 266 g/mol. The Labute approximate surface area is 126 Å². The van der Waals surface area contributed by atoms with Crippen LogP contribution in [0.25, 0.3) is 0 Å². The van der Waals surface area contributed by atoms with Gasteiger partial charge in [-0.1, -0.05) is 20.8 Å². The third-order valence-corrected chi connectivity index (χ3v) is 4.00. The lowest BCUT2D eigenvalue weighted by molar-refractivity contribution is 0.0937. The Balaban J connectivity index is 1.84. The third-order valence-electron chi connectivity index (χ3n) is 4.00. The number of rotatable bonds is 4. The fraction of sp³-hybridized carbons (Fsp3) is 0.800. The van der Waals surface area contributed by atoms with Gasteiger partial charge in [0.15, 0.2) is 0 Å². The average Bonchev–Trinajstić information content (AvgIpc) is 3.04. The molecule has 1 fully saturated rings. The van der Waals surface area contributed by atoms with Gasteiger partial charge in [0, 0.05) is 24.5 Å². The van der Waals surface area contributed by atoms with Crippen molar-refractivity contribution in [3.63, 3.8) is 0 Å². The second kappa shape index (κ2) is 6.13. The second-order valence-corrected chi connectivity index (χ2v) is 7.21. The fourth-order valence-electron chi connectivity index (χ4n) is 2.51. The van der Waals surface area contributed by atoms with Gasteiger partial charge in [-0.15, -0.1) is 5.10 Å². The highest BCUT2D eigenvalue weighted by Gasteiger charge is 2.25. The number of aromatic amines is 1. The molecule has 21 heavy (non-hydrogen) atoms. The Hall–Kier alpha value is -1.43. The number of carbonyl (C=O) groups excluding carboxylic acids is 1. The largest absolute Gasteiger partial charge is 0.349 e. The Kier molecular flexibility index (Phi) is 4.66. The number of aromatic nitrogens is 3. The molecule has 0 saturated carbocycles. The number of hydrogen-bond donors (Lipinski definition) is 2. The lowest BCUT2D eigenvalue weighted by Gasteiger charge is -2.20. The molecule has 1 aliphatic rings. The first-order valence-electron chi connectivity index (χ1n) is 7.72. The van der Waals surface area contributed by atoms with Crippen molar-refractivity contribution in [3.8, 4) is 0 Å². The molecule has 1 aliphatic heterocycles. The maximum absolute atomic E-state index is 12.1. The number of carbonyl (C=O) groups is 1. The van der Waals surface area contributed by atoms with E-state index < -0.39 is 0 Å². The maximum Gasteiger partial charge on any atom is 0.290 e. The third kappa shape index (κ3) is 4.03. The summed E-state index contributed by atoms with van der Waals surface area (Å²) in [6.45, 7) is 13.4. The summed E-state index contributed by atoms with van der Waals surface area (Å²) in [7, 11) is 0. The van der Waals surface area contributed by atoms with E-state index in [9.17, 15) is 4.79 Å². The molecule has 0 bridgehead atoms. The first-order chi connectivity index (χ1) is 9.77. The van der Waals surface area contributed by atoms with Gasteiger partial charge in [0.1, 0.15) is 5.82 Å². The molecule has 1 unspecified atom stereocenters. The summed E-state index contributed by atoms with van der Waals surface area (Å²) in [5, 5.41) is 9.81. The highest BCUT2D eigenvalue weighted by molar-refractivity contribution is 5.90. The molecule has 1 amide bonds. The second-order valence-electron chi connectivity index (χ2n) is 7.21. The van der Waals surface area contributed by atoms with Crippen molar-refractivity contribution >= 4 is 5.91 Å². The Morgan fingerprint density at radius 1 is 1.48 bits per heavy atom. The maximum atomic E-state index is 12.1. The molecule has 1 aromatic heterocycles. The minimum Gasteiger partial charge on any atom is -0.349 e. The van der Waals surface area contributed by atoms with E-state index in [1.54, 1.807) is 0 Å². The minimum absolute atomic E-state index is 0.130. The van der Waals surface area contributed by atoms with Crippen molar-refractivity contribution in [2.24, 2.45) is 5.92 Å². The van der Waals surface area contributed by atoms with Crippen LogP contribution in [0.1, 0.15) is 57.5 Å². The minimum atomic E-state index is -0.190. The quantitative estimate of drug-likeness (QED) is 0.883. The molecule has 2 heterocycles. The Bertz CT molecular complexity index is 488. The van der Waals surface area contributed by atoms with E-state index in [-0.39, 0.29) is 17.1 Å². The predicted octanol–water partition coefficient (Wildman–Crippen LogP) is 1.56. The molecule has 0 radical (unpaired) electrons. The molecule has 1 atom stereocenters. The number of H-pyrrole nitrogens is 1. The number of amides is 1. The van der Waals surface area contributed by atoms with Gasteiger partial charge in [0.05, 0.1) is 0 Å². The highest BCUT2D eigenvalue weighted by atomic mass is 16.2. The van der Waals surface area contributed by atoms with Crippen LogP contribution < -0.4 is 5.32 Å². The smallest absolute Gasteiger partial charge is 0.290 e. The van der Waals surface area contributed by atoms with E-state index in [1.165, 1.54) is 0 Å². The Morgan fingerprint density at radius 3 is 2.71 bits per heavy atom. The van der Waals surface area contributed by atoms with Gasteiger partial charge in [-0.3, -0.25) is 9.89 Å². The molecule has 118 valence electrons. The monoisotopic (exact) mass is 293 g/mol. The van der Waals surface area contributed by atoms with Crippen LogP contribution >= 0.6 is 0 Å². The Morgan fingerprint density at radius 2 is 2.19 bits per heavy atom. The van der Waals surface area contributed by atoms with Gasteiger partial charge in [-0.05, 0) is 32.7 Å². The summed E-state index contributed by atoms with van der Waals surface area (Å²) < 4.78 is 0. The fourth-order valence-corrected chi connectivity index (χ4v) is 2.51. The lowest BCUT2D eigenvalue weighted by Crippen LogP contribution is -2.33. The predicted molar refractivity (Wildman–Crippen MR) is 82.2 cm³/mol. The lowest BCUT2D eigenvalue weighted by atomic mass is 9.96. The van der Waals surface area contributed by atoms with Crippen LogP contribution in [0.15, 0.2) is 0 Å². The van der Waals surface area contributed by atoms with Crippen LogP contribution in [0.5, 0.6) is 0 Å². The first-order valence-corrected chi connectivity index (χ1v) is 7.72.